The fourth-order valence-corrected chi connectivity index (χ4v) is 3.41. The van der Waals surface area contributed by atoms with E-state index in [9.17, 15) is 4.79 Å². The second kappa shape index (κ2) is 5.94. The van der Waals surface area contributed by atoms with E-state index in [4.69, 9.17) is 19.9 Å². The molecule has 0 bridgehead atoms. The third kappa shape index (κ3) is 3.39. The van der Waals surface area contributed by atoms with Crippen LogP contribution in [0.1, 0.15) is 29.6 Å². The summed E-state index contributed by atoms with van der Waals surface area (Å²) >= 11 is 3.33. The normalized spacial score (nSPS) is 28.7. The molecule has 2 heterocycles. The standard InChI is InChI=1S/C15H18BrNO4/c16-11-5-10(6-12(17)7-11)14(18)21-13-1-3-20-15(8-13)2-4-19-9-15/h5-7,13H,1-4,8-9,17H2. The summed E-state index contributed by atoms with van der Waals surface area (Å²) in [5.74, 6) is -0.344. The van der Waals surface area contributed by atoms with E-state index in [0.717, 1.165) is 17.3 Å². The number of hydrogen-bond donors (Lipinski definition) is 1. The second-order valence-electron chi connectivity index (χ2n) is 5.63. The summed E-state index contributed by atoms with van der Waals surface area (Å²) in [6, 6.07) is 5.09. The summed E-state index contributed by atoms with van der Waals surface area (Å²) < 4.78 is 17.6. The van der Waals surface area contributed by atoms with Gasteiger partial charge in [-0.1, -0.05) is 15.9 Å². The van der Waals surface area contributed by atoms with E-state index in [1.807, 2.05) is 0 Å². The number of nitrogen functional groups attached to an aromatic ring is 1. The van der Waals surface area contributed by atoms with Crippen LogP contribution >= 0.6 is 15.9 Å². The minimum Gasteiger partial charge on any atom is -0.459 e. The molecule has 114 valence electrons. The van der Waals surface area contributed by atoms with Gasteiger partial charge < -0.3 is 19.9 Å². The summed E-state index contributed by atoms with van der Waals surface area (Å²) in [4.78, 5) is 12.2. The summed E-state index contributed by atoms with van der Waals surface area (Å²) in [5.41, 5.74) is 6.48. The molecule has 2 unspecified atom stereocenters. The van der Waals surface area contributed by atoms with Crippen LogP contribution in [0.25, 0.3) is 0 Å². The summed E-state index contributed by atoms with van der Waals surface area (Å²) in [5, 5.41) is 0. The van der Waals surface area contributed by atoms with Gasteiger partial charge in [-0.05, 0) is 18.2 Å². The lowest BCUT2D eigenvalue weighted by Gasteiger charge is -2.36. The quantitative estimate of drug-likeness (QED) is 0.651. The lowest BCUT2D eigenvalue weighted by atomic mass is 9.91. The van der Waals surface area contributed by atoms with Gasteiger partial charge in [-0.3, -0.25) is 0 Å². The molecule has 2 atom stereocenters. The van der Waals surface area contributed by atoms with Crippen molar-refractivity contribution in [2.45, 2.75) is 31.0 Å². The van der Waals surface area contributed by atoms with Crippen molar-refractivity contribution in [2.75, 3.05) is 25.6 Å². The van der Waals surface area contributed by atoms with Crippen LogP contribution in [0.2, 0.25) is 0 Å². The van der Waals surface area contributed by atoms with Crippen LogP contribution in [0.5, 0.6) is 0 Å². The zero-order valence-corrected chi connectivity index (χ0v) is 13.2. The smallest absolute Gasteiger partial charge is 0.338 e. The molecule has 2 N–H and O–H groups in total. The molecule has 0 aromatic heterocycles. The Hall–Kier alpha value is -1.11. The molecule has 0 saturated carbocycles. The van der Waals surface area contributed by atoms with E-state index in [1.165, 1.54) is 0 Å². The fraction of sp³-hybridized carbons (Fsp3) is 0.533. The molecule has 0 radical (unpaired) electrons. The van der Waals surface area contributed by atoms with Crippen molar-refractivity contribution in [2.24, 2.45) is 0 Å². The highest BCUT2D eigenvalue weighted by atomic mass is 79.9. The van der Waals surface area contributed by atoms with Crippen molar-refractivity contribution < 1.29 is 19.0 Å². The first-order valence-corrected chi connectivity index (χ1v) is 7.84. The number of esters is 1. The van der Waals surface area contributed by atoms with E-state index in [0.29, 0.717) is 37.5 Å². The molecule has 2 aliphatic heterocycles. The largest absolute Gasteiger partial charge is 0.459 e. The van der Waals surface area contributed by atoms with Gasteiger partial charge >= 0.3 is 5.97 Å². The molecular formula is C15H18BrNO4. The molecule has 21 heavy (non-hydrogen) atoms. The maximum atomic E-state index is 12.2. The monoisotopic (exact) mass is 355 g/mol. The average Bonchev–Trinajstić information content (AvgIpc) is 2.85. The highest BCUT2D eigenvalue weighted by Crippen LogP contribution is 2.34. The number of rotatable bonds is 2. The molecule has 1 aromatic rings. The van der Waals surface area contributed by atoms with Crippen LogP contribution < -0.4 is 5.73 Å². The van der Waals surface area contributed by atoms with Crippen LogP contribution in [-0.4, -0.2) is 37.5 Å². The summed E-state index contributed by atoms with van der Waals surface area (Å²) in [6.45, 7) is 1.90. The molecule has 0 amide bonds. The SMILES string of the molecule is Nc1cc(Br)cc(C(=O)OC2CCOC3(CCOC3)C2)c1. The topological polar surface area (TPSA) is 70.8 Å². The van der Waals surface area contributed by atoms with Crippen LogP contribution in [0, 0.1) is 0 Å². The van der Waals surface area contributed by atoms with E-state index in [-0.39, 0.29) is 17.7 Å². The first-order valence-electron chi connectivity index (χ1n) is 7.05. The predicted molar refractivity (Wildman–Crippen MR) is 81.1 cm³/mol. The van der Waals surface area contributed by atoms with Crippen molar-refractivity contribution >= 4 is 27.6 Å². The number of carbonyl (C=O) groups excluding carboxylic acids is 1. The summed E-state index contributed by atoms with van der Waals surface area (Å²) in [6.07, 6.45) is 2.15. The number of halogens is 1. The molecule has 0 aliphatic carbocycles. The second-order valence-corrected chi connectivity index (χ2v) is 6.54. The van der Waals surface area contributed by atoms with Gasteiger partial charge in [0.25, 0.3) is 0 Å². The molecule has 5 nitrogen and oxygen atoms in total. The maximum absolute atomic E-state index is 12.2. The molecule has 1 spiro atoms. The average molecular weight is 356 g/mol. The number of carbonyl (C=O) groups is 1. The third-order valence-electron chi connectivity index (χ3n) is 3.94. The van der Waals surface area contributed by atoms with E-state index in [2.05, 4.69) is 15.9 Å². The highest BCUT2D eigenvalue weighted by molar-refractivity contribution is 9.10. The molecule has 2 aliphatic rings. The van der Waals surface area contributed by atoms with E-state index >= 15 is 0 Å². The van der Waals surface area contributed by atoms with Gasteiger partial charge in [-0.15, -0.1) is 0 Å². The number of hydrogen-bond acceptors (Lipinski definition) is 5. The first kappa shape index (κ1) is 14.8. The van der Waals surface area contributed by atoms with Gasteiger partial charge in [-0.2, -0.15) is 0 Å². The van der Waals surface area contributed by atoms with Gasteiger partial charge in [0.05, 0.1) is 24.4 Å². The molecular weight excluding hydrogens is 338 g/mol. The number of ether oxygens (including phenoxy) is 3. The Labute approximate surface area is 131 Å². The van der Waals surface area contributed by atoms with E-state index in [1.54, 1.807) is 18.2 Å². The highest BCUT2D eigenvalue weighted by Gasteiger charge is 2.42. The Morgan fingerprint density at radius 3 is 2.95 bits per heavy atom. The Morgan fingerprint density at radius 1 is 1.38 bits per heavy atom. The fourth-order valence-electron chi connectivity index (χ4n) is 2.90. The predicted octanol–water partition coefficient (Wildman–Crippen LogP) is 2.53. The van der Waals surface area contributed by atoms with Crippen LogP contribution in [-0.2, 0) is 14.2 Å². The van der Waals surface area contributed by atoms with Gasteiger partial charge in [-0.25, -0.2) is 4.79 Å². The Bertz CT molecular complexity index is 522. The summed E-state index contributed by atoms with van der Waals surface area (Å²) in [7, 11) is 0. The minimum atomic E-state index is -0.344. The Kier molecular flexibility index (Phi) is 4.19. The maximum Gasteiger partial charge on any atom is 0.338 e. The molecule has 6 heteroatoms. The van der Waals surface area contributed by atoms with Crippen molar-refractivity contribution in [3.63, 3.8) is 0 Å². The van der Waals surface area contributed by atoms with Crippen LogP contribution in [0.3, 0.4) is 0 Å². The van der Waals surface area contributed by atoms with Crippen molar-refractivity contribution in [3.05, 3.63) is 28.2 Å². The minimum absolute atomic E-state index is 0.131. The van der Waals surface area contributed by atoms with Crippen molar-refractivity contribution in [1.29, 1.82) is 0 Å². The van der Waals surface area contributed by atoms with Crippen molar-refractivity contribution in [1.82, 2.24) is 0 Å². The third-order valence-corrected chi connectivity index (χ3v) is 4.40. The molecule has 1 aromatic carbocycles. The van der Waals surface area contributed by atoms with Gasteiger partial charge in [0.1, 0.15) is 6.10 Å². The number of nitrogens with two attached hydrogens (primary N) is 1. The van der Waals surface area contributed by atoms with Crippen molar-refractivity contribution in [3.8, 4) is 0 Å². The lowest BCUT2D eigenvalue weighted by Crippen LogP contribution is -2.43. The lowest BCUT2D eigenvalue weighted by molar-refractivity contribution is -0.120. The molecule has 3 rings (SSSR count). The number of anilines is 1. The Balaban J connectivity index is 1.66. The van der Waals surface area contributed by atoms with Gasteiger partial charge in [0.15, 0.2) is 0 Å². The first-order chi connectivity index (χ1) is 10.1. The zero-order valence-electron chi connectivity index (χ0n) is 11.6. The number of benzene rings is 1. The van der Waals surface area contributed by atoms with E-state index < -0.39 is 0 Å². The molecule has 2 fully saturated rings. The van der Waals surface area contributed by atoms with Gasteiger partial charge in [0, 0.05) is 36.0 Å². The van der Waals surface area contributed by atoms with Gasteiger partial charge in [0.2, 0.25) is 0 Å². The zero-order chi connectivity index (χ0) is 14.9. The Morgan fingerprint density at radius 2 is 2.24 bits per heavy atom. The van der Waals surface area contributed by atoms with Crippen LogP contribution in [0.4, 0.5) is 5.69 Å². The van der Waals surface area contributed by atoms with Crippen LogP contribution in [0.15, 0.2) is 22.7 Å². The molecule has 2 saturated heterocycles.